The van der Waals surface area contributed by atoms with Crippen LogP contribution in [-0.4, -0.2) is 30.7 Å². The molecule has 6 nitrogen and oxygen atoms in total. The van der Waals surface area contributed by atoms with Gasteiger partial charge in [0.1, 0.15) is 11.9 Å². The number of benzene rings is 1. The van der Waals surface area contributed by atoms with Crippen LogP contribution in [0.25, 0.3) is 0 Å². The van der Waals surface area contributed by atoms with Crippen LogP contribution < -0.4 is 4.90 Å². The molecular formula is C12H9F2IN4O2. The third-order valence-electron chi connectivity index (χ3n) is 3.12. The Morgan fingerprint density at radius 2 is 2.33 bits per heavy atom. The highest BCUT2D eigenvalue weighted by molar-refractivity contribution is 14.1. The van der Waals surface area contributed by atoms with E-state index in [1.165, 1.54) is 11.0 Å². The third-order valence-corrected chi connectivity index (χ3v) is 4.00. The predicted octanol–water partition coefficient (Wildman–Crippen LogP) is 3.26. The highest BCUT2D eigenvalue weighted by atomic mass is 127. The van der Waals surface area contributed by atoms with Crippen LogP contribution >= 0.6 is 22.6 Å². The van der Waals surface area contributed by atoms with Crippen LogP contribution in [-0.2, 0) is 4.74 Å². The lowest BCUT2D eigenvalue weighted by atomic mass is 10.1. The average molecular weight is 406 g/mol. The van der Waals surface area contributed by atoms with Crippen molar-refractivity contribution >= 4 is 40.6 Å². The fraction of sp³-hybridized carbons (Fsp3) is 0.333. The maximum atomic E-state index is 14.1. The number of ether oxygens (including phenoxy) is 1. The molecule has 2 atom stereocenters. The van der Waals surface area contributed by atoms with E-state index in [-0.39, 0.29) is 13.0 Å². The lowest BCUT2D eigenvalue weighted by molar-refractivity contribution is 0.105. The molecule has 9 heteroatoms. The summed E-state index contributed by atoms with van der Waals surface area (Å²) < 4.78 is 33.1. The lowest BCUT2D eigenvalue weighted by Gasteiger charge is -2.15. The van der Waals surface area contributed by atoms with Gasteiger partial charge in [0, 0.05) is 9.99 Å². The van der Waals surface area contributed by atoms with E-state index in [0.717, 1.165) is 6.21 Å². The molecule has 0 bridgehead atoms. The highest BCUT2D eigenvalue weighted by Gasteiger charge is 2.41. The van der Waals surface area contributed by atoms with Crippen LogP contribution in [0.1, 0.15) is 6.42 Å². The van der Waals surface area contributed by atoms with Gasteiger partial charge >= 0.3 is 6.09 Å². The molecule has 2 heterocycles. The van der Waals surface area contributed by atoms with E-state index in [2.05, 4.69) is 15.4 Å². The summed E-state index contributed by atoms with van der Waals surface area (Å²) in [7, 11) is 0. The number of nitrogens with zero attached hydrogens (tertiary/aromatic N) is 4. The van der Waals surface area contributed by atoms with Gasteiger partial charge in [-0.2, -0.15) is 0 Å². The monoisotopic (exact) mass is 406 g/mol. The van der Waals surface area contributed by atoms with Crippen LogP contribution in [0.15, 0.2) is 33.6 Å². The summed E-state index contributed by atoms with van der Waals surface area (Å²) in [5, 5.41) is 9.91. The van der Waals surface area contributed by atoms with E-state index in [4.69, 9.17) is 4.74 Å². The molecule has 1 fully saturated rings. The number of cyclic esters (lactones) is 1. The summed E-state index contributed by atoms with van der Waals surface area (Å²) in [5.41, 5.74) is 0.370. The molecule has 0 spiro atoms. The standard InChI is InChI=1S/C12H9F2IN4O2/c13-9-3-7(1-2-10(9)15)19-5-8(21-11(19)20)4-12(14)6-16-18-17-12/h1-3,6,8H,4-5H2/t8-,12?/m1/s1. The SMILES string of the molecule is O=C1O[C@H](CC2(F)C=NN=N2)CN1c1ccc(I)c(F)c1. The number of amides is 1. The summed E-state index contributed by atoms with van der Waals surface area (Å²) in [5.74, 6) is -2.47. The van der Waals surface area contributed by atoms with E-state index in [0.29, 0.717) is 9.26 Å². The van der Waals surface area contributed by atoms with E-state index in [1.54, 1.807) is 12.1 Å². The molecule has 110 valence electrons. The largest absolute Gasteiger partial charge is 0.444 e. The van der Waals surface area contributed by atoms with Crippen LogP contribution in [0.2, 0.25) is 0 Å². The van der Waals surface area contributed by atoms with Crippen molar-refractivity contribution in [2.75, 3.05) is 11.4 Å². The minimum Gasteiger partial charge on any atom is -0.444 e. The average Bonchev–Trinajstić information content (AvgIpc) is 3.00. The van der Waals surface area contributed by atoms with Crippen LogP contribution in [0, 0.1) is 9.39 Å². The fourth-order valence-electron chi connectivity index (χ4n) is 2.14. The Bertz CT molecular complexity index is 640. The molecule has 0 N–H and O–H groups in total. The molecule has 1 unspecified atom stereocenters. The number of rotatable bonds is 3. The number of anilines is 1. The Morgan fingerprint density at radius 1 is 1.52 bits per heavy atom. The molecule has 1 saturated heterocycles. The molecule has 21 heavy (non-hydrogen) atoms. The quantitative estimate of drug-likeness (QED) is 0.572. The Hall–Kier alpha value is -1.65. The zero-order chi connectivity index (χ0) is 15.0. The Kier molecular flexibility index (Phi) is 3.59. The first-order chi connectivity index (χ1) is 9.97. The molecule has 3 rings (SSSR count). The van der Waals surface area contributed by atoms with E-state index >= 15 is 0 Å². The lowest BCUT2D eigenvalue weighted by Crippen LogP contribution is -2.30. The van der Waals surface area contributed by atoms with Crippen molar-refractivity contribution in [2.45, 2.75) is 18.3 Å². The zero-order valence-corrected chi connectivity index (χ0v) is 12.7. The molecular weight excluding hydrogens is 397 g/mol. The number of halogens is 3. The number of alkyl halides is 1. The molecule has 0 aliphatic carbocycles. The Labute approximate surface area is 132 Å². The van der Waals surface area contributed by atoms with Gasteiger partial charge in [-0.3, -0.25) is 4.90 Å². The second kappa shape index (κ2) is 5.28. The van der Waals surface area contributed by atoms with E-state index in [9.17, 15) is 13.6 Å². The van der Waals surface area contributed by atoms with Crippen molar-refractivity contribution in [2.24, 2.45) is 15.4 Å². The molecule has 1 aromatic carbocycles. The molecule has 1 aromatic rings. The number of hydrogen-bond acceptors (Lipinski definition) is 5. The summed E-state index contributed by atoms with van der Waals surface area (Å²) in [6.45, 7) is 0.119. The Balaban J connectivity index is 1.74. The van der Waals surface area contributed by atoms with Gasteiger partial charge in [-0.05, 0) is 46.0 Å². The van der Waals surface area contributed by atoms with Crippen LogP contribution in [0.4, 0.5) is 19.3 Å². The van der Waals surface area contributed by atoms with Gasteiger partial charge in [-0.1, -0.05) is 0 Å². The second-order valence-electron chi connectivity index (χ2n) is 4.67. The fourth-order valence-corrected chi connectivity index (χ4v) is 2.48. The second-order valence-corrected chi connectivity index (χ2v) is 5.83. The van der Waals surface area contributed by atoms with Crippen molar-refractivity contribution in [1.29, 1.82) is 0 Å². The number of carbonyl (C=O) groups is 1. The molecule has 2 aliphatic heterocycles. The normalized spacial score (nSPS) is 27.5. The van der Waals surface area contributed by atoms with Gasteiger partial charge in [0.05, 0.1) is 18.4 Å². The predicted molar refractivity (Wildman–Crippen MR) is 78.5 cm³/mol. The molecule has 1 amide bonds. The Morgan fingerprint density at radius 3 is 3.00 bits per heavy atom. The number of hydrogen-bond donors (Lipinski definition) is 0. The topological polar surface area (TPSA) is 66.6 Å². The summed E-state index contributed by atoms with van der Waals surface area (Å²) >= 11 is 1.85. The van der Waals surface area contributed by atoms with Crippen molar-refractivity contribution in [3.8, 4) is 0 Å². The van der Waals surface area contributed by atoms with E-state index in [1.807, 2.05) is 22.6 Å². The van der Waals surface area contributed by atoms with Gasteiger partial charge in [-0.15, -0.1) is 10.2 Å². The van der Waals surface area contributed by atoms with Gasteiger partial charge in [-0.25, -0.2) is 13.6 Å². The minimum atomic E-state index is -2.04. The molecule has 2 aliphatic rings. The van der Waals surface area contributed by atoms with Gasteiger partial charge in [0.25, 0.3) is 5.79 Å². The van der Waals surface area contributed by atoms with Gasteiger partial charge in [0.2, 0.25) is 0 Å². The summed E-state index contributed by atoms with van der Waals surface area (Å²) in [6.07, 6.45) is -0.548. The summed E-state index contributed by atoms with van der Waals surface area (Å²) in [4.78, 5) is 13.1. The number of carbonyl (C=O) groups excluding carboxylic acids is 1. The van der Waals surface area contributed by atoms with Crippen molar-refractivity contribution < 1.29 is 18.3 Å². The smallest absolute Gasteiger partial charge is 0.414 e. The first-order valence-electron chi connectivity index (χ1n) is 6.05. The maximum absolute atomic E-state index is 14.1. The van der Waals surface area contributed by atoms with Crippen molar-refractivity contribution in [3.05, 3.63) is 27.6 Å². The zero-order valence-electron chi connectivity index (χ0n) is 10.5. The van der Waals surface area contributed by atoms with Crippen molar-refractivity contribution in [3.63, 3.8) is 0 Å². The van der Waals surface area contributed by atoms with Crippen molar-refractivity contribution in [1.82, 2.24) is 0 Å². The highest BCUT2D eigenvalue weighted by Crippen LogP contribution is 2.30. The minimum absolute atomic E-state index is 0.119. The molecule has 0 aromatic heterocycles. The van der Waals surface area contributed by atoms with E-state index < -0.39 is 23.8 Å². The molecule has 0 radical (unpaired) electrons. The van der Waals surface area contributed by atoms with Crippen LogP contribution in [0.3, 0.4) is 0 Å². The third kappa shape index (κ3) is 2.87. The maximum Gasteiger partial charge on any atom is 0.414 e. The van der Waals surface area contributed by atoms with Gasteiger partial charge in [0.15, 0.2) is 0 Å². The summed E-state index contributed by atoms with van der Waals surface area (Å²) in [6, 6.07) is 4.41. The first kappa shape index (κ1) is 14.3. The van der Waals surface area contributed by atoms with Crippen LogP contribution in [0.5, 0.6) is 0 Å². The molecule has 0 saturated carbocycles. The first-order valence-corrected chi connectivity index (χ1v) is 7.13. The van der Waals surface area contributed by atoms with Gasteiger partial charge < -0.3 is 4.74 Å².